The lowest BCUT2D eigenvalue weighted by Crippen LogP contribution is -2.13. The van der Waals surface area contributed by atoms with Gasteiger partial charge in [-0.15, -0.1) is 0 Å². The van der Waals surface area contributed by atoms with Crippen molar-refractivity contribution in [2.75, 3.05) is 33.9 Å². The lowest BCUT2D eigenvalue weighted by Gasteiger charge is -2.15. The summed E-state index contributed by atoms with van der Waals surface area (Å²) < 4.78 is 12.4. The summed E-state index contributed by atoms with van der Waals surface area (Å²) in [7, 11) is 4.19. The van der Waals surface area contributed by atoms with Crippen molar-refractivity contribution in [1.29, 1.82) is 0 Å². The molecule has 0 heterocycles. The van der Waals surface area contributed by atoms with Crippen LogP contribution in [-0.4, -0.2) is 38.8 Å². The van der Waals surface area contributed by atoms with Gasteiger partial charge in [-0.05, 0) is 65.0 Å². The zero-order valence-corrected chi connectivity index (χ0v) is 13.9. The van der Waals surface area contributed by atoms with Crippen LogP contribution in [0.15, 0.2) is 16.6 Å². The van der Waals surface area contributed by atoms with Gasteiger partial charge in [-0.3, -0.25) is 0 Å². The molecule has 0 spiro atoms. The Kier molecular flexibility index (Phi) is 7.24. The maximum Gasteiger partial charge on any atom is 0.162 e. The van der Waals surface area contributed by atoms with Crippen LogP contribution >= 0.6 is 15.9 Å². The number of nitrogens with zero attached hydrogens (tertiary/aromatic N) is 1. The van der Waals surface area contributed by atoms with Crippen molar-refractivity contribution < 1.29 is 9.47 Å². The molecule has 108 valence electrons. The smallest absolute Gasteiger partial charge is 0.162 e. The van der Waals surface area contributed by atoms with Gasteiger partial charge in [0, 0.05) is 4.47 Å². The van der Waals surface area contributed by atoms with Gasteiger partial charge in [-0.25, -0.2) is 0 Å². The lowest BCUT2D eigenvalue weighted by molar-refractivity contribution is 0.287. The molecule has 0 aliphatic heterocycles. The minimum Gasteiger partial charge on any atom is -0.490 e. The highest BCUT2D eigenvalue weighted by Crippen LogP contribution is 2.34. The molecule has 1 aromatic rings. The highest BCUT2D eigenvalue weighted by molar-refractivity contribution is 9.10. The Hall–Kier alpha value is -0.740. The Labute approximate surface area is 125 Å². The van der Waals surface area contributed by atoms with Crippen molar-refractivity contribution in [2.24, 2.45) is 0 Å². The molecule has 0 radical (unpaired) electrons. The average molecular weight is 330 g/mol. The minimum absolute atomic E-state index is 0.645. The molecule has 3 nitrogen and oxygen atoms in total. The van der Waals surface area contributed by atoms with Gasteiger partial charge in [-0.2, -0.15) is 0 Å². The quantitative estimate of drug-likeness (QED) is 0.725. The van der Waals surface area contributed by atoms with Crippen LogP contribution in [0.1, 0.15) is 25.8 Å². The van der Waals surface area contributed by atoms with Gasteiger partial charge in [0.1, 0.15) is 0 Å². The first-order chi connectivity index (χ1) is 9.08. The summed E-state index contributed by atoms with van der Waals surface area (Å²) in [5, 5.41) is 0. The number of hydrogen-bond donors (Lipinski definition) is 0. The van der Waals surface area contributed by atoms with Crippen LogP contribution in [0.4, 0.5) is 0 Å². The average Bonchev–Trinajstić information content (AvgIpc) is 2.34. The summed E-state index contributed by atoms with van der Waals surface area (Å²) in [6.07, 6.45) is 2.16. The fraction of sp³-hybridized carbons (Fsp3) is 0.600. The Morgan fingerprint density at radius 3 is 2.16 bits per heavy atom. The Bertz CT molecular complexity index is 394. The van der Waals surface area contributed by atoms with Gasteiger partial charge in [-0.1, -0.05) is 15.9 Å². The zero-order valence-electron chi connectivity index (χ0n) is 12.3. The van der Waals surface area contributed by atoms with E-state index in [2.05, 4.69) is 41.0 Å². The van der Waals surface area contributed by atoms with Crippen molar-refractivity contribution >= 4 is 15.9 Å². The second-order valence-electron chi connectivity index (χ2n) is 4.66. The number of benzene rings is 1. The summed E-state index contributed by atoms with van der Waals surface area (Å²) >= 11 is 3.62. The van der Waals surface area contributed by atoms with Crippen molar-refractivity contribution in [2.45, 2.75) is 26.7 Å². The number of hydrogen-bond acceptors (Lipinski definition) is 3. The zero-order chi connectivity index (χ0) is 14.3. The molecule has 0 aliphatic carbocycles. The largest absolute Gasteiger partial charge is 0.490 e. The normalized spacial score (nSPS) is 10.8. The molecule has 0 bridgehead atoms. The third kappa shape index (κ3) is 5.41. The first kappa shape index (κ1) is 16.3. The number of rotatable bonds is 8. The molecule has 0 aromatic heterocycles. The van der Waals surface area contributed by atoms with Gasteiger partial charge in [0.15, 0.2) is 11.5 Å². The molecule has 19 heavy (non-hydrogen) atoms. The number of halogens is 1. The molecule has 0 fully saturated rings. The molecule has 0 saturated carbocycles. The first-order valence-electron chi connectivity index (χ1n) is 6.81. The molecule has 0 N–H and O–H groups in total. The van der Waals surface area contributed by atoms with E-state index in [-0.39, 0.29) is 0 Å². The van der Waals surface area contributed by atoms with Crippen LogP contribution in [0.2, 0.25) is 0 Å². The maximum atomic E-state index is 5.66. The second kappa shape index (κ2) is 8.43. The van der Waals surface area contributed by atoms with Crippen LogP contribution in [0.25, 0.3) is 0 Å². The van der Waals surface area contributed by atoms with E-state index in [1.807, 2.05) is 19.9 Å². The highest BCUT2D eigenvalue weighted by Gasteiger charge is 2.10. The van der Waals surface area contributed by atoms with Crippen LogP contribution in [0.5, 0.6) is 11.5 Å². The highest BCUT2D eigenvalue weighted by atomic mass is 79.9. The van der Waals surface area contributed by atoms with E-state index >= 15 is 0 Å². The van der Waals surface area contributed by atoms with Crippen LogP contribution in [-0.2, 0) is 6.42 Å². The van der Waals surface area contributed by atoms with Gasteiger partial charge in [0.25, 0.3) is 0 Å². The summed E-state index contributed by atoms with van der Waals surface area (Å²) in [5.41, 5.74) is 1.27. The summed E-state index contributed by atoms with van der Waals surface area (Å²) in [4.78, 5) is 2.20. The SMILES string of the molecule is CCOc1cc(Br)c(CCCN(C)C)cc1OCC. The topological polar surface area (TPSA) is 21.7 Å². The van der Waals surface area contributed by atoms with Crippen molar-refractivity contribution in [3.8, 4) is 11.5 Å². The Morgan fingerprint density at radius 2 is 1.63 bits per heavy atom. The molecule has 0 atom stereocenters. The summed E-state index contributed by atoms with van der Waals surface area (Å²) in [6.45, 7) is 6.35. The number of ether oxygens (including phenoxy) is 2. The van der Waals surface area contributed by atoms with Crippen LogP contribution < -0.4 is 9.47 Å². The summed E-state index contributed by atoms with van der Waals surface area (Å²) in [6, 6.07) is 4.10. The first-order valence-corrected chi connectivity index (χ1v) is 7.60. The van der Waals surface area contributed by atoms with Crippen LogP contribution in [0, 0.1) is 0 Å². The van der Waals surface area contributed by atoms with Crippen molar-refractivity contribution in [3.05, 3.63) is 22.2 Å². The Morgan fingerprint density at radius 1 is 1.05 bits per heavy atom. The summed E-state index contributed by atoms with van der Waals surface area (Å²) in [5.74, 6) is 1.65. The minimum atomic E-state index is 0.645. The second-order valence-corrected chi connectivity index (χ2v) is 5.52. The van der Waals surface area contributed by atoms with E-state index < -0.39 is 0 Å². The molecule has 0 saturated heterocycles. The fourth-order valence-corrected chi connectivity index (χ4v) is 2.41. The molecule has 0 aliphatic rings. The van der Waals surface area contributed by atoms with Crippen molar-refractivity contribution in [1.82, 2.24) is 4.90 Å². The van der Waals surface area contributed by atoms with E-state index in [0.29, 0.717) is 13.2 Å². The lowest BCUT2D eigenvalue weighted by atomic mass is 10.1. The van der Waals surface area contributed by atoms with Gasteiger partial charge in [0.05, 0.1) is 13.2 Å². The van der Waals surface area contributed by atoms with E-state index in [1.165, 1.54) is 5.56 Å². The standard InChI is InChI=1S/C15H24BrNO2/c1-5-18-14-10-12(8-7-9-17(3)4)13(16)11-15(14)19-6-2/h10-11H,5-9H2,1-4H3. The van der Waals surface area contributed by atoms with E-state index in [0.717, 1.165) is 35.4 Å². The molecule has 0 amide bonds. The van der Waals surface area contributed by atoms with Gasteiger partial charge in [0.2, 0.25) is 0 Å². The van der Waals surface area contributed by atoms with Gasteiger partial charge < -0.3 is 14.4 Å². The van der Waals surface area contributed by atoms with E-state index in [4.69, 9.17) is 9.47 Å². The molecule has 4 heteroatoms. The molecule has 1 aromatic carbocycles. The third-order valence-electron chi connectivity index (χ3n) is 2.76. The molecular weight excluding hydrogens is 306 g/mol. The third-order valence-corrected chi connectivity index (χ3v) is 3.50. The van der Waals surface area contributed by atoms with Gasteiger partial charge >= 0.3 is 0 Å². The monoisotopic (exact) mass is 329 g/mol. The number of aryl methyl sites for hydroxylation is 1. The predicted octanol–water partition coefficient (Wildman–Crippen LogP) is 3.74. The van der Waals surface area contributed by atoms with E-state index in [1.54, 1.807) is 0 Å². The predicted molar refractivity (Wildman–Crippen MR) is 83.4 cm³/mol. The molecule has 0 unspecified atom stereocenters. The Balaban J connectivity index is 2.83. The maximum absolute atomic E-state index is 5.66. The van der Waals surface area contributed by atoms with E-state index in [9.17, 15) is 0 Å². The van der Waals surface area contributed by atoms with Crippen LogP contribution in [0.3, 0.4) is 0 Å². The fourth-order valence-electron chi connectivity index (χ4n) is 1.89. The molecular formula is C15H24BrNO2. The molecule has 1 rings (SSSR count). The van der Waals surface area contributed by atoms with Crippen molar-refractivity contribution in [3.63, 3.8) is 0 Å².